The Morgan fingerprint density at radius 3 is 2.82 bits per heavy atom. The Morgan fingerprint density at radius 1 is 1.53 bits per heavy atom. The van der Waals surface area contributed by atoms with Crippen molar-refractivity contribution in [2.24, 2.45) is 5.84 Å². The first kappa shape index (κ1) is 14.3. The Hall–Kier alpha value is -0.780. The van der Waals surface area contributed by atoms with E-state index in [0.717, 1.165) is 17.9 Å². The summed E-state index contributed by atoms with van der Waals surface area (Å²) >= 11 is 1.76. The summed E-state index contributed by atoms with van der Waals surface area (Å²) < 4.78 is 18.8. The molecule has 0 aliphatic rings. The number of ether oxygens (including phenoxy) is 1. The third-order valence-corrected chi connectivity index (χ3v) is 3.68. The highest BCUT2D eigenvalue weighted by atomic mass is 32.2. The molecular weight excluding hydrogens is 239 g/mol. The molecule has 96 valence electrons. The third-order valence-electron chi connectivity index (χ3n) is 2.42. The monoisotopic (exact) mass is 258 g/mol. The molecule has 17 heavy (non-hydrogen) atoms. The van der Waals surface area contributed by atoms with E-state index in [-0.39, 0.29) is 11.9 Å². The Bertz CT molecular complexity index is 349. The summed E-state index contributed by atoms with van der Waals surface area (Å²) in [6.07, 6.45) is 1.10. The van der Waals surface area contributed by atoms with Crippen LogP contribution in [0.4, 0.5) is 4.39 Å². The van der Waals surface area contributed by atoms with Gasteiger partial charge in [-0.05, 0) is 18.2 Å². The van der Waals surface area contributed by atoms with Gasteiger partial charge in [-0.1, -0.05) is 13.0 Å². The van der Waals surface area contributed by atoms with E-state index >= 15 is 0 Å². The number of nitrogens with one attached hydrogen (secondary N) is 1. The number of thioether (sulfide) groups is 1. The van der Waals surface area contributed by atoms with Crippen LogP contribution in [-0.4, -0.2) is 18.6 Å². The second-order valence-corrected chi connectivity index (χ2v) is 4.83. The molecule has 3 nitrogen and oxygen atoms in total. The average molecular weight is 258 g/mol. The van der Waals surface area contributed by atoms with Crippen LogP contribution in [-0.2, 0) is 0 Å². The average Bonchev–Trinajstić information content (AvgIpc) is 2.35. The van der Waals surface area contributed by atoms with Crippen molar-refractivity contribution in [3.05, 3.63) is 29.6 Å². The molecule has 0 saturated carbocycles. The van der Waals surface area contributed by atoms with Gasteiger partial charge in [0.05, 0.1) is 13.2 Å². The van der Waals surface area contributed by atoms with Gasteiger partial charge < -0.3 is 4.74 Å². The van der Waals surface area contributed by atoms with Gasteiger partial charge >= 0.3 is 0 Å². The molecule has 1 aromatic carbocycles. The van der Waals surface area contributed by atoms with Crippen LogP contribution in [0, 0.1) is 5.82 Å². The fourth-order valence-corrected chi connectivity index (χ4v) is 2.46. The summed E-state index contributed by atoms with van der Waals surface area (Å²) in [5, 5.41) is 0. The van der Waals surface area contributed by atoms with Gasteiger partial charge in [-0.25, -0.2) is 4.39 Å². The topological polar surface area (TPSA) is 47.3 Å². The molecule has 0 aliphatic heterocycles. The van der Waals surface area contributed by atoms with Gasteiger partial charge in [0.1, 0.15) is 11.6 Å². The van der Waals surface area contributed by atoms with Crippen molar-refractivity contribution < 1.29 is 9.13 Å². The van der Waals surface area contributed by atoms with Crippen LogP contribution >= 0.6 is 11.8 Å². The van der Waals surface area contributed by atoms with Crippen molar-refractivity contribution in [3.8, 4) is 5.75 Å². The molecule has 0 spiro atoms. The molecular formula is C12H19FN2OS. The molecule has 0 fully saturated rings. The van der Waals surface area contributed by atoms with E-state index in [2.05, 4.69) is 12.3 Å². The lowest BCUT2D eigenvalue weighted by Gasteiger charge is -2.17. The van der Waals surface area contributed by atoms with Crippen LogP contribution in [0.15, 0.2) is 18.2 Å². The molecule has 0 amide bonds. The van der Waals surface area contributed by atoms with Crippen molar-refractivity contribution in [2.75, 3.05) is 18.6 Å². The molecule has 1 rings (SSSR count). The van der Waals surface area contributed by atoms with Crippen LogP contribution in [0.25, 0.3) is 0 Å². The zero-order valence-electron chi connectivity index (χ0n) is 10.2. The maximum absolute atomic E-state index is 13.8. The summed E-state index contributed by atoms with van der Waals surface area (Å²) in [7, 11) is 1.52. The largest absolute Gasteiger partial charge is 0.497 e. The number of methoxy groups -OCH3 is 1. The number of hydrazine groups is 1. The molecule has 0 heterocycles. The zero-order valence-corrected chi connectivity index (χ0v) is 11.0. The highest BCUT2D eigenvalue weighted by Crippen LogP contribution is 2.24. The Labute approximate surface area is 106 Å². The Kier molecular flexibility index (Phi) is 6.32. The van der Waals surface area contributed by atoms with E-state index in [1.54, 1.807) is 23.9 Å². The van der Waals surface area contributed by atoms with Crippen molar-refractivity contribution >= 4 is 11.8 Å². The minimum Gasteiger partial charge on any atom is -0.497 e. The van der Waals surface area contributed by atoms with Gasteiger partial charge in [0, 0.05) is 17.4 Å². The van der Waals surface area contributed by atoms with Gasteiger partial charge in [-0.2, -0.15) is 11.8 Å². The maximum atomic E-state index is 13.8. The van der Waals surface area contributed by atoms with Gasteiger partial charge in [-0.15, -0.1) is 0 Å². The van der Waals surface area contributed by atoms with Crippen LogP contribution in [0.3, 0.4) is 0 Å². The standard InChI is InChI=1S/C12H19FN2OS/c1-3-6-17-8-12(15-14)10-5-4-9(16-2)7-11(10)13/h4-5,7,12,15H,3,6,8,14H2,1-2H3. The summed E-state index contributed by atoms with van der Waals surface area (Å²) in [4.78, 5) is 0. The molecule has 0 aliphatic carbocycles. The highest BCUT2D eigenvalue weighted by molar-refractivity contribution is 7.99. The predicted molar refractivity (Wildman–Crippen MR) is 70.6 cm³/mol. The molecule has 1 unspecified atom stereocenters. The van der Waals surface area contributed by atoms with E-state index in [4.69, 9.17) is 10.6 Å². The van der Waals surface area contributed by atoms with E-state index in [1.165, 1.54) is 13.2 Å². The quantitative estimate of drug-likeness (QED) is 0.448. The summed E-state index contributed by atoms with van der Waals surface area (Å²) in [6.45, 7) is 2.12. The van der Waals surface area contributed by atoms with E-state index in [0.29, 0.717) is 11.3 Å². The summed E-state index contributed by atoms with van der Waals surface area (Å²) in [6, 6.07) is 4.67. The van der Waals surface area contributed by atoms with Crippen molar-refractivity contribution in [1.29, 1.82) is 0 Å². The van der Waals surface area contributed by atoms with Crippen LogP contribution < -0.4 is 16.0 Å². The number of hydrogen-bond acceptors (Lipinski definition) is 4. The number of rotatable bonds is 7. The first-order chi connectivity index (χ1) is 8.22. The second-order valence-electron chi connectivity index (χ2n) is 3.68. The molecule has 5 heteroatoms. The summed E-state index contributed by atoms with van der Waals surface area (Å²) in [5.41, 5.74) is 3.23. The molecule has 0 bridgehead atoms. The number of halogens is 1. The summed E-state index contributed by atoms with van der Waals surface area (Å²) in [5.74, 6) is 7.50. The van der Waals surface area contributed by atoms with Crippen LogP contribution in [0.5, 0.6) is 5.75 Å². The predicted octanol–water partition coefficient (Wildman–Crippen LogP) is 2.48. The van der Waals surface area contributed by atoms with Crippen LogP contribution in [0.2, 0.25) is 0 Å². The molecule has 1 aromatic rings. The molecule has 0 aromatic heterocycles. The number of nitrogens with two attached hydrogens (primary N) is 1. The smallest absolute Gasteiger partial charge is 0.131 e. The van der Waals surface area contributed by atoms with Gasteiger partial charge in [0.25, 0.3) is 0 Å². The number of benzene rings is 1. The van der Waals surface area contributed by atoms with E-state index in [1.807, 2.05) is 0 Å². The molecule has 1 atom stereocenters. The lowest BCUT2D eigenvalue weighted by atomic mass is 10.1. The first-order valence-corrected chi connectivity index (χ1v) is 6.75. The Morgan fingerprint density at radius 2 is 2.29 bits per heavy atom. The van der Waals surface area contributed by atoms with E-state index < -0.39 is 0 Å². The fourth-order valence-electron chi connectivity index (χ4n) is 1.49. The SMILES string of the molecule is CCCSCC(NN)c1ccc(OC)cc1F. The number of hydrogen-bond donors (Lipinski definition) is 2. The van der Waals surface area contributed by atoms with Crippen LogP contribution in [0.1, 0.15) is 24.9 Å². The van der Waals surface area contributed by atoms with Crippen molar-refractivity contribution in [3.63, 3.8) is 0 Å². The zero-order chi connectivity index (χ0) is 12.7. The minimum absolute atomic E-state index is 0.169. The van der Waals surface area contributed by atoms with E-state index in [9.17, 15) is 4.39 Å². The first-order valence-electron chi connectivity index (χ1n) is 5.60. The third kappa shape index (κ3) is 4.18. The minimum atomic E-state index is -0.288. The van der Waals surface area contributed by atoms with Crippen molar-refractivity contribution in [2.45, 2.75) is 19.4 Å². The lowest BCUT2D eigenvalue weighted by molar-refractivity contribution is 0.409. The fraction of sp³-hybridized carbons (Fsp3) is 0.500. The molecule has 3 N–H and O–H groups in total. The second kappa shape index (κ2) is 7.53. The highest BCUT2D eigenvalue weighted by Gasteiger charge is 2.14. The van der Waals surface area contributed by atoms with Gasteiger partial charge in [0.2, 0.25) is 0 Å². The Balaban J connectivity index is 2.73. The van der Waals surface area contributed by atoms with Gasteiger partial charge in [0.15, 0.2) is 0 Å². The lowest BCUT2D eigenvalue weighted by Crippen LogP contribution is -2.30. The molecule has 0 radical (unpaired) electrons. The van der Waals surface area contributed by atoms with Gasteiger partial charge in [-0.3, -0.25) is 11.3 Å². The normalized spacial score (nSPS) is 12.5. The van der Waals surface area contributed by atoms with Crippen molar-refractivity contribution in [1.82, 2.24) is 5.43 Å². The maximum Gasteiger partial charge on any atom is 0.131 e. The molecule has 0 saturated heterocycles.